The SMILES string of the molecule is CN(CCCCCN)CCN(C)C(=O)OC(C)(C)C. The molecule has 0 aromatic heterocycles. The van der Waals surface area contributed by atoms with Gasteiger partial charge in [0, 0.05) is 20.1 Å². The average Bonchev–Trinajstić information content (AvgIpc) is 2.29. The van der Waals surface area contributed by atoms with E-state index in [9.17, 15) is 4.79 Å². The van der Waals surface area contributed by atoms with Crippen molar-refractivity contribution in [2.24, 2.45) is 5.73 Å². The van der Waals surface area contributed by atoms with Gasteiger partial charge in [-0.05, 0) is 53.8 Å². The first kappa shape index (κ1) is 18.2. The minimum Gasteiger partial charge on any atom is -0.444 e. The Morgan fingerprint density at radius 1 is 1.05 bits per heavy atom. The number of unbranched alkanes of at least 4 members (excludes halogenated alkanes) is 2. The quantitative estimate of drug-likeness (QED) is 0.686. The number of ether oxygens (including phenoxy) is 1. The lowest BCUT2D eigenvalue weighted by atomic mass is 10.2. The molecule has 0 aromatic rings. The van der Waals surface area contributed by atoms with Gasteiger partial charge in [0.15, 0.2) is 0 Å². The first-order valence-corrected chi connectivity index (χ1v) is 7.09. The maximum atomic E-state index is 11.7. The molecule has 0 saturated heterocycles. The van der Waals surface area contributed by atoms with Crippen LogP contribution in [0.1, 0.15) is 40.0 Å². The van der Waals surface area contributed by atoms with Crippen LogP contribution in [-0.4, -0.2) is 61.8 Å². The molecule has 0 aliphatic rings. The third-order valence-corrected chi connectivity index (χ3v) is 2.77. The minimum absolute atomic E-state index is 0.260. The zero-order valence-electron chi connectivity index (χ0n) is 13.2. The Morgan fingerprint density at radius 2 is 1.68 bits per heavy atom. The van der Waals surface area contributed by atoms with E-state index in [1.807, 2.05) is 20.8 Å². The molecule has 0 atom stereocenters. The number of nitrogens with two attached hydrogens (primary N) is 1. The Hall–Kier alpha value is -0.810. The fraction of sp³-hybridized carbons (Fsp3) is 0.929. The molecule has 0 rings (SSSR count). The summed E-state index contributed by atoms with van der Waals surface area (Å²) in [6.07, 6.45) is 3.15. The highest BCUT2D eigenvalue weighted by Crippen LogP contribution is 2.08. The van der Waals surface area contributed by atoms with Crippen molar-refractivity contribution in [1.82, 2.24) is 9.80 Å². The summed E-state index contributed by atoms with van der Waals surface area (Å²) >= 11 is 0. The minimum atomic E-state index is -0.431. The van der Waals surface area contributed by atoms with E-state index < -0.39 is 5.60 Å². The average molecular weight is 273 g/mol. The number of hydrogen-bond donors (Lipinski definition) is 1. The number of rotatable bonds is 8. The van der Waals surface area contributed by atoms with Crippen molar-refractivity contribution in [2.45, 2.75) is 45.6 Å². The molecule has 5 heteroatoms. The van der Waals surface area contributed by atoms with E-state index in [1.54, 1.807) is 11.9 Å². The summed E-state index contributed by atoms with van der Waals surface area (Å²) in [5, 5.41) is 0. The molecule has 2 N–H and O–H groups in total. The largest absolute Gasteiger partial charge is 0.444 e. The van der Waals surface area contributed by atoms with Gasteiger partial charge in [-0.1, -0.05) is 6.42 Å². The molecule has 5 nitrogen and oxygen atoms in total. The molecule has 0 bridgehead atoms. The van der Waals surface area contributed by atoms with Gasteiger partial charge in [0.25, 0.3) is 0 Å². The van der Waals surface area contributed by atoms with Crippen LogP contribution < -0.4 is 5.73 Å². The highest BCUT2D eigenvalue weighted by atomic mass is 16.6. The second-order valence-electron chi connectivity index (χ2n) is 6.05. The number of nitrogens with zero attached hydrogens (tertiary/aromatic N) is 2. The standard InChI is InChI=1S/C14H31N3O2/c1-14(2,3)19-13(18)17(5)12-11-16(4)10-8-6-7-9-15/h6-12,15H2,1-5H3. The molecule has 0 fully saturated rings. The molecule has 0 heterocycles. The second kappa shape index (κ2) is 9.15. The monoisotopic (exact) mass is 273 g/mol. The van der Waals surface area contributed by atoms with Gasteiger partial charge in [0.05, 0.1) is 0 Å². The van der Waals surface area contributed by atoms with Gasteiger partial charge in [-0.2, -0.15) is 0 Å². The highest BCUT2D eigenvalue weighted by molar-refractivity contribution is 5.67. The van der Waals surface area contributed by atoms with Crippen LogP contribution in [0.3, 0.4) is 0 Å². The van der Waals surface area contributed by atoms with Crippen molar-refractivity contribution in [2.75, 3.05) is 40.3 Å². The molecule has 0 radical (unpaired) electrons. The molecule has 19 heavy (non-hydrogen) atoms. The van der Waals surface area contributed by atoms with Gasteiger partial charge in [-0.3, -0.25) is 0 Å². The van der Waals surface area contributed by atoms with Gasteiger partial charge < -0.3 is 20.3 Å². The van der Waals surface area contributed by atoms with Crippen molar-refractivity contribution < 1.29 is 9.53 Å². The molecule has 114 valence electrons. The maximum absolute atomic E-state index is 11.7. The summed E-state index contributed by atoms with van der Waals surface area (Å²) in [6.45, 7) is 8.99. The zero-order chi connectivity index (χ0) is 14.9. The third-order valence-electron chi connectivity index (χ3n) is 2.77. The van der Waals surface area contributed by atoms with Crippen molar-refractivity contribution in [1.29, 1.82) is 0 Å². The molecule has 0 unspecified atom stereocenters. The fourth-order valence-corrected chi connectivity index (χ4v) is 1.57. The Labute approximate surface area is 118 Å². The molecule has 0 aliphatic heterocycles. The van der Waals surface area contributed by atoms with Gasteiger partial charge >= 0.3 is 6.09 Å². The Bertz CT molecular complexity index is 252. The van der Waals surface area contributed by atoms with Crippen LogP contribution in [-0.2, 0) is 4.74 Å². The number of likely N-dealkylation sites (N-methyl/N-ethyl adjacent to an activating group) is 2. The van der Waals surface area contributed by atoms with E-state index in [4.69, 9.17) is 10.5 Å². The van der Waals surface area contributed by atoms with Crippen LogP contribution in [0.2, 0.25) is 0 Å². The van der Waals surface area contributed by atoms with E-state index in [0.717, 1.165) is 32.5 Å². The Balaban J connectivity index is 3.76. The first-order chi connectivity index (χ1) is 8.76. The van der Waals surface area contributed by atoms with E-state index in [-0.39, 0.29) is 6.09 Å². The number of amides is 1. The van der Waals surface area contributed by atoms with E-state index in [2.05, 4.69) is 11.9 Å². The van der Waals surface area contributed by atoms with Crippen LogP contribution in [0.25, 0.3) is 0 Å². The molecule has 0 aromatic carbocycles. The fourth-order valence-electron chi connectivity index (χ4n) is 1.57. The lowest BCUT2D eigenvalue weighted by molar-refractivity contribution is 0.0287. The van der Waals surface area contributed by atoms with Crippen molar-refractivity contribution in [3.8, 4) is 0 Å². The summed E-state index contributed by atoms with van der Waals surface area (Å²) in [5.74, 6) is 0. The molecule has 0 saturated carbocycles. The van der Waals surface area contributed by atoms with E-state index >= 15 is 0 Å². The highest BCUT2D eigenvalue weighted by Gasteiger charge is 2.19. The van der Waals surface area contributed by atoms with E-state index in [0.29, 0.717) is 6.54 Å². The van der Waals surface area contributed by atoms with Gasteiger partial charge in [0.2, 0.25) is 0 Å². The predicted octanol–water partition coefficient (Wildman–Crippen LogP) is 1.91. The second-order valence-corrected chi connectivity index (χ2v) is 6.05. The Morgan fingerprint density at radius 3 is 2.21 bits per heavy atom. The third kappa shape index (κ3) is 10.8. The summed E-state index contributed by atoms with van der Waals surface area (Å²) < 4.78 is 5.30. The predicted molar refractivity (Wildman–Crippen MR) is 79.3 cm³/mol. The van der Waals surface area contributed by atoms with Crippen LogP contribution in [0, 0.1) is 0 Å². The summed E-state index contributed by atoms with van der Waals surface area (Å²) in [6, 6.07) is 0. The van der Waals surface area contributed by atoms with Crippen LogP contribution in [0.5, 0.6) is 0 Å². The smallest absolute Gasteiger partial charge is 0.410 e. The van der Waals surface area contributed by atoms with Crippen LogP contribution in [0.4, 0.5) is 4.79 Å². The van der Waals surface area contributed by atoms with Gasteiger partial charge in [-0.15, -0.1) is 0 Å². The molecule has 1 amide bonds. The van der Waals surface area contributed by atoms with Gasteiger partial charge in [-0.25, -0.2) is 4.79 Å². The molecular weight excluding hydrogens is 242 g/mol. The molecule has 0 spiro atoms. The zero-order valence-corrected chi connectivity index (χ0v) is 13.2. The lowest BCUT2D eigenvalue weighted by Gasteiger charge is -2.26. The van der Waals surface area contributed by atoms with Crippen molar-refractivity contribution >= 4 is 6.09 Å². The Kier molecular flexibility index (Phi) is 8.76. The topological polar surface area (TPSA) is 58.8 Å². The first-order valence-electron chi connectivity index (χ1n) is 7.09. The van der Waals surface area contributed by atoms with Crippen LogP contribution in [0.15, 0.2) is 0 Å². The summed E-state index contributed by atoms with van der Waals surface area (Å²) in [7, 11) is 3.85. The van der Waals surface area contributed by atoms with Crippen molar-refractivity contribution in [3.63, 3.8) is 0 Å². The normalized spacial score (nSPS) is 11.7. The number of carbonyl (C=O) groups excluding carboxylic acids is 1. The van der Waals surface area contributed by atoms with Crippen molar-refractivity contribution in [3.05, 3.63) is 0 Å². The molecular formula is C14H31N3O2. The van der Waals surface area contributed by atoms with E-state index in [1.165, 1.54) is 6.42 Å². The summed E-state index contributed by atoms with van der Waals surface area (Å²) in [5.41, 5.74) is 5.02. The number of carbonyl (C=O) groups is 1. The number of hydrogen-bond acceptors (Lipinski definition) is 4. The summed E-state index contributed by atoms with van der Waals surface area (Å²) in [4.78, 5) is 15.6. The maximum Gasteiger partial charge on any atom is 0.410 e. The van der Waals surface area contributed by atoms with Gasteiger partial charge in [0.1, 0.15) is 5.60 Å². The lowest BCUT2D eigenvalue weighted by Crippen LogP contribution is -2.38. The molecule has 0 aliphatic carbocycles. The van der Waals surface area contributed by atoms with Crippen LogP contribution >= 0.6 is 0 Å².